The minimum Gasteiger partial charge on any atom is -0.492 e. The highest BCUT2D eigenvalue weighted by Crippen LogP contribution is 2.30. The molecule has 0 radical (unpaired) electrons. The Balaban J connectivity index is 2.44. The first-order chi connectivity index (χ1) is 9.94. The molecule has 0 unspecified atom stereocenters. The van der Waals surface area contributed by atoms with Gasteiger partial charge in [0.2, 0.25) is 0 Å². The van der Waals surface area contributed by atoms with Crippen LogP contribution < -0.4 is 15.2 Å². The molecule has 0 fully saturated rings. The smallest absolute Gasteiger partial charge is 0.265 e. The lowest BCUT2D eigenvalue weighted by Crippen LogP contribution is -2.15. The van der Waals surface area contributed by atoms with E-state index in [-0.39, 0.29) is 10.6 Å². The molecular weight excluding hydrogens is 356 g/mol. The number of nitrogens with two attached hydrogens (primary N) is 1. The number of sulfonamides is 1. The Kier molecular flexibility index (Phi) is 4.74. The molecule has 21 heavy (non-hydrogen) atoms. The summed E-state index contributed by atoms with van der Waals surface area (Å²) in [6.07, 6.45) is 0. The predicted octanol–water partition coefficient (Wildman–Crippen LogP) is 3.23. The quantitative estimate of drug-likeness (QED) is 0.791. The number of hydrogen-bond acceptors (Lipinski definition) is 4. The molecular formula is C14H15BrN2O3S. The molecule has 7 heteroatoms. The van der Waals surface area contributed by atoms with Crippen LogP contribution in [0, 0.1) is 0 Å². The Hall–Kier alpha value is -1.73. The van der Waals surface area contributed by atoms with Gasteiger partial charge in [0.1, 0.15) is 10.6 Å². The third-order valence-electron chi connectivity index (χ3n) is 2.68. The van der Waals surface area contributed by atoms with Crippen LogP contribution in [0.1, 0.15) is 6.92 Å². The van der Waals surface area contributed by atoms with Gasteiger partial charge in [-0.3, -0.25) is 4.72 Å². The van der Waals surface area contributed by atoms with E-state index in [1.807, 2.05) is 0 Å². The van der Waals surface area contributed by atoms with E-state index in [9.17, 15) is 8.42 Å². The Labute approximate surface area is 132 Å². The molecule has 2 rings (SSSR count). The summed E-state index contributed by atoms with van der Waals surface area (Å²) >= 11 is 3.30. The summed E-state index contributed by atoms with van der Waals surface area (Å²) in [6.45, 7) is 2.15. The summed E-state index contributed by atoms with van der Waals surface area (Å²) in [5.41, 5.74) is 6.49. The third kappa shape index (κ3) is 3.68. The predicted molar refractivity (Wildman–Crippen MR) is 87.0 cm³/mol. The SMILES string of the molecule is CCOc1ccc(N)cc1S(=O)(=O)Nc1ccccc1Br. The second-order valence-corrected chi connectivity index (χ2v) is 6.73. The first-order valence-electron chi connectivity index (χ1n) is 6.23. The van der Waals surface area contributed by atoms with Crippen LogP contribution in [0.4, 0.5) is 11.4 Å². The van der Waals surface area contributed by atoms with Crippen LogP contribution >= 0.6 is 15.9 Å². The molecule has 5 nitrogen and oxygen atoms in total. The van der Waals surface area contributed by atoms with E-state index in [4.69, 9.17) is 10.5 Å². The van der Waals surface area contributed by atoms with E-state index < -0.39 is 10.0 Å². The number of nitrogen functional groups attached to an aromatic ring is 1. The third-order valence-corrected chi connectivity index (χ3v) is 4.75. The fourth-order valence-corrected chi connectivity index (χ4v) is 3.53. The first-order valence-corrected chi connectivity index (χ1v) is 8.51. The largest absolute Gasteiger partial charge is 0.492 e. The molecule has 3 N–H and O–H groups in total. The number of benzene rings is 2. The van der Waals surface area contributed by atoms with Gasteiger partial charge < -0.3 is 10.5 Å². The molecule has 0 aliphatic rings. The number of rotatable bonds is 5. The van der Waals surface area contributed by atoms with Crippen molar-refractivity contribution in [2.45, 2.75) is 11.8 Å². The fourth-order valence-electron chi connectivity index (χ4n) is 1.75. The molecule has 0 amide bonds. The van der Waals surface area contributed by atoms with Crippen molar-refractivity contribution in [1.82, 2.24) is 0 Å². The highest BCUT2D eigenvalue weighted by molar-refractivity contribution is 9.10. The Bertz CT molecular complexity index is 748. The Morgan fingerprint density at radius 1 is 1.24 bits per heavy atom. The fraction of sp³-hybridized carbons (Fsp3) is 0.143. The minimum absolute atomic E-state index is 0.0140. The van der Waals surface area contributed by atoms with Crippen molar-refractivity contribution in [1.29, 1.82) is 0 Å². The average molecular weight is 371 g/mol. The van der Waals surface area contributed by atoms with Crippen LogP contribution in [0.25, 0.3) is 0 Å². The molecule has 0 saturated heterocycles. The molecule has 112 valence electrons. The number of hydrogen-bond donors (Lipinski definition) is 2. The highest BCUT2D eigenvalue weighted by atomic mass is 79.9. The number of anilines is 2. The topological polar surface area (TPSA) is 81.4 Å². The molecule has 0 bridgehead atoms. The Morgan fingerprint density at radius 2 is 1.95 bits per heavy atom. The summed E-state index contributed by atoms with van der Waals surface area (Å²) in [7, 11) is -3.80. The van der Waals surface area contributed by atoms with E-state index in [1.54, 1.807) is 43.3 Å². The normalized spacial score (nSPS) is 11.1. The van der Waals surface area contributed by atoms with Crippen LogP contribution in [0.15, 0.2) is 51.8 Å². The van der Waals surface area contributed by atoms with E-state index in [0.717, 1.165) is 0 Å². The van der Waals surface area contributed by atoms with Crippen molar-refractivity contribution < 1.29 is 13.2 Å². The van der Waals surface area contributed by atoms with E-state index >= 15 is 0 Å². The molecule has 0 aromatic heterocycles. The number of para-hydroxylation sites is 1. The summed E-state index contributed by atoms with van der Waals surface area (Å²) in [6, 6.07) is 11.5. The minimum atomic E-state index is -3.80. The van der Waals surface area contributed by atoms with Crippen LogP contribution in [-0.2, 0) is 10.0 Å². The zero-order valence-corrected chi connectivity index (χ0v) is 13.7. The standard InChI is InChI=1S/C14H15BrN2O3S/c1-2-20-13-8-7-10(16)9-14(13)21(18,19)17-12-6-4-3-5-11(12)15/h3-9,17H,2,16H2,1H3. The van der Waals surface area contributed by atoms with E-state index in [1.165, 1.54) is 6.07 Å². The van der Waals surface area contributed by atoms with Gasteiger partial charge in [0.25, 0.3) is 10.0 Å². The van der Waals surface area contributed by atoms with Crippen molar-refractivity contribution >= 4 is 37.3 Å². The molecule has 0 heterocycles. The van der Waals surface area contributed by atoms with Crippen molar-refractivity contribution in [2.75, 3.05) is 17.1 Å². The summed E-state index contributed by atoms with van der Waals surface area (Å²) in [4.78, 5) is 0.0140. The lowest BCUT2D eigenvalue weighted by atomic mass is 10.3. The maximum atomic E-state index is 12.5. The van der Waals surface area contributed by atoms with Crippen molar-refractivity contribution in [3.05, 3.63) is 46.9 Å². The van der Waals surface area contributed by atoms with Gasteiger partial charge in [-0.25, -0.2) is 8.42 Å². The van der Waals surface area contributed by atoms with Crippen LogP contribution in [0.3, 0.4) is 0 Å². The number of nitrogens with one attached hydrogen (secondary N) is 1. The van der Waals surface area contributed by atoms with Gasteiger partial charge in [0.05, 0.1) is 12.3 Å². The molecule has 2 aromatic carbocycles. The van der Waals surface area contributed by atoms with E-state index in [2.05, 4.69) is 20.7 Å². The monoisotopic (exact) mass is 370 g/mol. The summed E-state index contributed by atoms with van der Waals surface area (Å²) in [5.74, 6) is 0.270. The van der Waals surface area contributed by atoms with Gasteiger partial charge in [0.15, 0.2) is 0 Å². The maximum absolute atomic E-state index is 12.5. The van der Waals surface area contributed by atoms with Crippen LogP contribution in [0.5, 0.6) is 5.75 Å². The molecule has 0 aliphatic heterocycles. The summed E-state index contributed by atoms with van der Waals surface area (Å²) < 4.78 is 33.6. The molecule has 0 atom stereocenters. The second-order valence-electron chi connectivity index (χ2n) is 4.22. The molecule has 0 aliphatic carbocycles. The van der Waals surface area contributed by atoms with Crippen LogP contribution in [-0.4, -0.2) is 15.0 Å². The zero-order chi connectivity index (χ0) is 15.5. The van der Waals surface area contributed by atoms with Crippen molar-refractivity contribution in [3.8, 4) is 5.75 Å². The maximum Gasteiger partial charge on any atom is 0.265 e. The number of halogens is 1. The van der Waals surface area contributed by atoms with Gasteiger partial charge in [-0.1, -0.05) is 12.1 Å². The van der Waals surface area contributed by atoms with Gasteiger partial charge >= 0.3 is 0 Å². The zero-order valence-electron chi connectivity index (χ0n) is 11.3. The lowest BCUT2D eigenvalue weighted by Gasteiger charge is -2.14. The first kappa shape index (κ1) is 15.7. The Morgan fingerprint density at radius 3 is 2.62 bits per heavy atom. The highest BCUT2D eigenvalue weighted by Gasteiger charge is 2.21. The van der Waals surface area contributed by atoms with Gasteiger partial charge in [-0.05, 0) is 53.2 Å². The lowest BCUT2D eigenvalue weighted by molar-refractivity contribution is 0.331. The van der Waals surface area contributed by atoms with Gasteiger partial charge in [-0.15, -0.1) is 0 Å². The van der Waals surface area contributed by atoms with E-state index in [0.29, 0.717) is 22.5 Å². The molecule has 0 saturated carbocycles. The van der Waals surface area contributed by atoms with Crippen molar-refractivity contribution in [3.63, 3.8) is 0 Å². The average Bonchev–Trinajstić information content (AvgIpc) is 2.43. The molecule has 0 spiro atoms. The van der Waals surface area contributed by atoms with Crippen LogP contribution in [0.2, 0.25) is 0 Å². The van der Waals surface area contributed by atoms with Gasteiger partial charge in [-0.2, -0.15) is 0 Å². The second kappa shape index (κ2) is 6.36. The summed E-state index contributed by atoms with van der Waals surface area (Å²) in [5, 5.41) is 0. The molecule has 2 aromatic rings. The van der Waals surface area contributed by atoms with Gasteiger partial charge in [0, 0.05) is 10.2 Å². The number of ether oxygens (including phenoxy) is 1. The van der Waals surface area contributed by atoms with Crippen molar-refractivity contribution in [2.24, 2.45) is 0 Å².